The number of carbonyl (C=O) groups is 3. The molecule has 0 radical (unpaired) electrons. The van der Waals surface area contributed by atoms with Crippen molar-refractivity contribution < 1.29 is 19.1 Å². The first-order valence-electron chi connectivity index (χ1n) is 7.00. The largest absolute Gasteiger partial charge is 0.385 e. The molecule has 0 saturated carbocycles. The van der Waals surface area contributed by atoms with E-state index < -0.39 is 17.8 Å². The second-order valence-electron chi connectivity index (χ2n) is 5.05. The van der Waals surface area contributed by atoms with Crippen LogP contribution in [0.4, 0.5) is 0 Å². The van der Waals surface area contributed by atoms with Gasteiger partial charge in [0.2, 0.25) is 5.91 Å². The van der Waals surface area contributed by atoms with Crippen molar-refractivity contribution >= 4 is 23.4 Å². The molecule has 0 aromatic heterocycles. The molecule has 3 aliphatic rings. The summed E-state index contributed by atoms with van der Waals surface area (Å²) in [7, 11) is 0. The molecule has 5 heteroatoms. The van der Waals surface area contributed by atoms with Gasteiger partial charge in [0.25, 0.3) is 0 Å². The van der Waals surface area contributed by atoms with Gasteiger partial charge in [0, 0.05) is 6.92 Å². The summed E-state index contributed by atoms with van der Waals surface area (Å²) in [4.78, 5) is 33.9. The van der Waals surface area contributed by atoms with Gasteiger partial charge in [-0.2, -0.15) is 0 Å². The number of amides is 1. The number of carbonyl (C=O) groups excluding carboxylic acids is 3. The first kappa shape index (κ1) is 14.7. The number of benzene rings is 2. The molecule has 0 fully saturated rings. The highest BCUT2D eigenvalue weighted by Crippen LogP contribution is 2.29. The zero-order chi connectivity index (χ0) is 16.4. The Kier molecular flexibility index (Phi) is 3.76. The van der Waals surface area contributed by atoms with Gasteiger partial charge < -0.3 is 10.1 Å². The van der Waals surface area contributed by atoms with E-state index in [1.54, 1.807) is 30.3 Å². The van der Waals surface area contributed by atoms with Gasteiger partial charge in [0.15, 0.2) is 0 Å². The highest BCUT2D eigenvalue weighted by molar-refractivity contribution is 6.31. The number of rotatable bonds is 2. The molecule has 4 rings (SSSR count). The average Bonchev–Trinajstić information content (AvgIpc) is 2.78. The van der Waals surface area contributed by atoms with E-state index in [4.69, 9.17) is 0 Å². The lowest BCUT2D eigenvalue weighted by Gasteiger charge is -2.10. The molecule has 0 atom stereocenters. The molecule has 1 amide bonds. The van der Waals surface area contributed by atoms with Crippen LogP contribution in [0.2, 0.25) is 0 Å². The van der Waals surface area contributed by atoms with Crippen LogP contribution in [-0.2, 0) is 19.1 Å². The molecule has 0 saturated heterocycles. The third kappa shape index (κ3) is 2.89. The second-order valence-corrected chi connectivity index (χ2v) is 5.05. The molecular weight excluding hydrogens is 294 g/mol. The number of cyclic esters (lactones) is 2. The summed E-state index contributed by atoms with van der Waals surface area (Å²) in [5.74, 6) is -2.01. The quantitative estimate of drug-likeness (QED) is 0.582. The third-order valence-corrected chi connectivity index (χ3v) is 3.43. The zero-order valence-corrected chi connectivity index (χ0v) is 12.3. The molecule has 0 bridgehead atoms. The van der Waals surface area contributed by atoms with Crippen LogP contribution in [0.5, 0.6) is 0 Å². The van der Waals surface area contributed by atoms with E-state index in [2.05, 4.69) is 34.3 Å². The summed E-state index contributed by atoms with van der Waals surface area (Å²) < 4.78 is 4.48. The van der Waals surface area contributed by atoms with E-state index in [0.717, 1.165) is 0 Å². The second kappa shape index (κ2) is 5.88. The summed E-state index contributed by atoms with van der Waals surface area (Å²) in [6.45, 7) is 1.26. The first-order chi connectivity index (χ1) is 11.1. The highest BCUT2D eigenvalue weighted by Gasteiger charge is 2.34. The predicted octanol–water partition coefficient (Wildman–Crippen LogP) is 2.28. The van der Waals surface area contributed by atoms with Crippen molar-refractivity contribution in [2.45, 2.75) is 6.92 Å². The number of hydrogen-bond donors (Lipinski definition) is 1. The first-order valence-corrected chi connectivity index (χ1v) is 7.00. The van der Waals surface area contributed by atoms with Gasteiger partial charge in [-0.3, -0.25) is 4.79 Å². The molecule has 1 aromatic carbocycles. The van der Waals surface area contributed by atoms with E-state index in [-0.39, 0.29) is 11.3 Å². The fourth-order valence-electron chi connectivity index (χ4n) is 2.21. The van der Waals surface area contributed by atoms with Crippen LogP contribution in [0.15, 0.2) is 60.3 Å². The Morgan fingerprint density at radius 1 is 0.826 bits per heavy atom. The molecule has 114 valence electrons. The molecule has 1 N–H and O–H groups in total. The van der Waals surface area contributed by atoms with E-state index >= 15 is 0 Å². The van der Waals surface area contributed by atoms with Crippen molar-refractivity contribution in [3.8, 4) is 11.1 Å². The maximum atomic E-state index is 11.5. The van der Waals surface area contributed by atoms with E-state index in [1.807, 2.05) is 0 Å². The number of esters is 2. The van der Waals surface area contributed by atoms with Crippen LogP contribution in [0.25, 0.3) is 16.7 Å². The minimum absolute atomic E-state index is 0.0887. The summed E-state index contributed by atoms with van der Waals surface area (Å²) in [5, 5.41) is 2.32. The third-order valence-electron chi connectivity index (χ3n) is 3.43. The average molecular weight is 307 g/mol. The molecule has 23 heavy (non-hydrogen) atoms. The number of hydrogen-bond acceptors (Lipinski definition) is 4. The van der Waals surface area contributed by atoms with Crippen LogP contribution < -0.4 is 5.32 Å². The standard InChI is InChI=1S/C12H9NO4.C6H4/c1-7(14)13-10-9(11(15)17-12(10)16)8-5-3-2-4-6-8;1-2-6-4-3-5(1)6/h2-6H,1H3,(H,13,14);1-4H. The lowest BCUT2D eigenvalue weighted by Crippen LogP contribution is -2.23. The lowest BCUT2D eigenvalue weighted by atomic mass is 9.95. The van der Waals surface area contributed by atoms with Crippen LogP contribution in [0.3, 0.4) is 0 Å². The normalized spacial score (nSPS) is 14.0. The molecule has 0 unspecified atom stereocenters. The maximum Gasteiger partial charge on any atom is 0.363 e. The Balaban J connectivity index is 0.000000213. The van der Waals surface area contributed by atoms with Crippen molar-refractivity contribution in [1.29, 1.82) is 0 Å². The van der Waals surface area contributed by atoms with Crippen LogP contribution in [0.1, 0.15) is 12.5 Å². The Labute approximate surface area is 132 Å². The van der Waals surface area contributed by atoms with E-state index in [9.17, 15) is 14.4 Å². The smallest absolute Gasteiger partial charge is 0.363 e. The summed E-state index contributed by atoms with van der Waals surface area (Å²) in [5.41, 5.74) is 3.37. The monoisotopic (exact) mass is 307 g/mol. The minimum atomic E-state index is -0.830. The Morgan fingerprint density at radius 3 is 1.83 bits per heavy atom. The number of nitrogens with one attached hydrogen (secondary N) is 1. The Morgan fingerprint density at radius 2 is 1.39 bits per heavy atom. The molecule has 0 spiro atoms. The lowest BCUT2D eigenvalue weighted by molar-refractivity contribution is -0.150. The Hall–Kier alpha value is -3.21. The van der Waals surface area contributed by atoms with Gasteiger partial charge in [0.1, 0.15) is 5.70 Å². The van der Waals surface area contributed by atoms with Crippen LogP contribution in [-0.4, -0.2) is 17.8 Å². The Bertz CT molecular complexity index is 799. The predicted molar refractivity (Wildman–Crippen MR) is 83.7 cm³/mol. The van der Waals surface area contributed by atoms with Gasteiger partial charge in [-0.05, 0) is 16.7 Å². The maximum absolute atomic E-state index is 11.5. The fraction of sp³-hybridized carbons (Fsp3) is 0.0556. The summed E-state index contributed by atoms with van der Waals surface area (Å²) >= 11 is 0. The van der Waals surface area contributed by atoms with Crippen LogP contribution in [0, 0.1) is 0 Å². The molecule has 1 aromatic rings. The topological polar surface area (TPSA) is 72.5 Å². The van der Waals surface area contributed by atoms with Gasteiger partial charge in [-0.25, -0.2) is 9.59 Å². The van der Waals surface area contributed by atoms with Crippen molar-refractivity contribution in [1.82, 2.24) is 5.32 Å². The number of ether oxygens (including phenoxy) is 1. The molecule has 2 aliphatic carbocycles. The summed E-state index contributed by atoms with van der Waals surface area (Å²) in [6, 6.07) is 17.0. The molecule has 1 aliphatic heterocycles. The van der Waals surface area contributed by atoms with Crippen molar-refractivity contribution in [3.05, 3.63) is 65.9 Å². The van der Waals surface area contributed by atoms with Crippen molar-refractivity contribution in [2.75, 3.05) is 0 Å². The van der Waals surface area contributed by atoms with Crippen LogP contribution >= 0.6 is 0 Å². The molecule has 1 heterocycles. The van der Waals surface area contributed by atoms with Crippen molar-refractivity contribution in [3.63, 3.8) is 0 Å². The molecular formula is C18H13NO4. The fourth-order valence-corrected chi connectivity index (χ4v) is 2.21. The van der Waals surface area contributed by atoms with Crippen molar-refractivity contribution in [2.24, 2.45) is 0 Å². The zero-order valence-electron chi connectivity index (χ0n) is 12.3. The van der Waals surface area contributed by atoms with Gasteiger partial charge >= 0.3 is 11.9 Å². The van der Waals surface area contributed by atoms with E-state index in [0.29, 0.717) is 5.56 Å². The van der Waals surface area contributed by atoms with E-state index in [1.165, 1.54) is 18.1 Å². The van der Waals surface area contributed by atoms with Gasteiger partial charge in [-0.1, -0.05) is 54.6 Å². The summed E-state index contributed by atoms with van der Waals surface area (Å²) in [6.07, 6.45) is 0. The minimum Gasteiger partial charge on any atom is -0.385 e. The van der Waals surface area contributed by atoms with Gasteiger partial charge in [-0.15, -0.1) is 0 Å². The highest BCUT2D eigenvalue weighted by atomic mass is 16.6. The SMILES string of the molecule is CC(=O)NC1=C(c2ccccc2)C(=O)OC1=O.c1cc2ccc1-2. The number of fused-ring (bicyclic) bond motifs is 1. The van der Waals surface area contributed by atoms with Gasteiger partial charge in [0.05, 0.1) is 5.57 Å². The molecule has 5 nitrogen and oxygen atoms in total.